The van der Waals surface area contributed by atoms with Crippen molar-refractivity contribution in [2.75, 3.05) is 0 Å². The van der Waals surface area contributed by atoms with E-state index in [0.29, 0.717) is 0 Å². The van der Waals surface area contributed by atoms with E-state index in [4.69, 9.17) is 9.98 Å². The number of benzene rings is 2. The van der Waals surface area contributed by atoms with Gasteiger partial charge in [-0.3, -0.25) is 9.98 Å². The Balaban J connectivity index is 1.94. The average molecular weight is 347 g/mol. The molecule has 0 spiro atoms. The maximum atomic E-state index is 5.05. The third kappa shape index (κ3) is 3.25. The molecule has 1 atom stereocenters. The Morgan fingerprint density at radius 1 is 0.885 bits per heavy atom. The zero-order valence-corrected chi connectivity index (χ0v) is 17.1. The fraction of sp³-hybridized carbons (Fsp3) is 0.417. The highest BCUT2D eigenvalue weighted by atomic mass is 14.9. The van der Waals surface area contributed by atoms with Crippen LogP contribution in [0.3, 0.4) is 0 Å². The minimum absolute atomic E-state index is 0.0698. The largest absolute Gasteiger partial charge is 0.279 e. The maximum absolute atomic E-state index is 5.05. The van der Waals surface area contributed by atoms with E-state index in [9.17, 15) is 0 Å². The van der Waals surface area contributed by atoms with Gasteiger partial charge in [-0.05, 0) is 42.0 Å². The first kappa shape index (κ1) is 18.6. The summed E-state index contributed by atoms with van der Waals surface area (Å²) in [5, 5.41) is 0. The Kier molecular flexibility index (Phi) is 4.64. The zero-order chi connectivity index (χ0) is 19.1. The molecule has 1 aliphatic carbocycles. The van der Waals surface area contributed by atoms with Gasteiger partial charge in [0.2, 0.25) is 0 Å². The molecule has 0 bridgehead atoms. The molecule has 0 saturated carbocycles. The normalized spacial score (nSPS) is 19.7. The number of fused-ring (bicyclic) bond motifs is 1. The highest BCUT2D eigenvalue weighted by Crippen LogP contribution is 2.51. The Hall–Kier alpha value is -2.22. The molecule has 3 rings (SSSR count). The van der Waals surface area contributed by atoms with Crippen LogP contribution in [0.15, 0.2) is 58.5 Å². The van der Waals surface area contributed by atoms with Gasteiger partial charge in [0.1, 0.15) is 0 Å². The van der Waals surface area contributed by atoms with Gasteiger partial charge in [-0.15, -0.1) is 0 Å². The number of para-hydroxylation sites is 1. The first-order valence-electron chi connectivity index (χ1n) is 9.41. The lowest BCUT2D eigenvalue weighted by atomic mass is 9.62. The van der Waals surface area contributed by atoms with Gasteiger partial charge in [-0.1, -0.05) is 77.1 Å². The summed E-state index contributed by atoms with van der Waals surface area (Å²) in [7, 11) is 0. The molecule has 0 radical (unpaired) electrons. The highest BCUT2D eigenvalue weighted by Gasteiger charge is 2.44. The third-order valence-corrected chi connectivity index (χ3v) is 5.48. The SMILES string of the molecule is CC(=Nc1ccccc1C(C)(C)C)C(C)=NC1c2ccccc2C1(C)C. The maximum Gasteiger partial charge on any atom is 0.0847 e. The number of rotatable bonds is 3. The van der Waals surface area contributed by atoms with Crippen molar-refractivity contribution in [2.24, 2.45) is 9.98 Å². The Morgan fingerprint density at radius 3 is 2.19 bits per heavy atom. The van der Waals surface area contributed by atoms with Crippen molar-refractivity contribution in [3.63, 3.8) is 0 Å². The number of hydrogen-bond donors (Lipinski definition) is 0. The van der Waals surface area contributed by atoms with Crippen LogP contribution in [0, 0.1) is 0 Å². The van der Waals surface area contributed by atoms with Crippen molar-refractivity contribution >= 4 is 17.1 Å². The van der Waals surface area contributed by atoms with E-state index in [0.717, 1.165) is 17.1 Å². The van der Waals surface area contributed by atoms with E-state index in [1.807, 2.05) is 0 Å². The van der Waals surface area contributed by atoms with Gasteiger partial charge in [-0.2, -0.15) is 0 Å². The van der Waals surface area contributed by atoms with Crippen molar-refractivity contribution in [3.05, 3.63) is 65.2 Å². The van der Waals surface area contributed by atoms with E-state index in [2.05, 4.69) is 97.0 Å². The van der Waals surface area contributed by atoms with Crippen LogP contribution < -0.4 is 0 Å². The van der Waals surface area contributed by atoms with E-state index in [1.54, 1.807) is 0 Å². The van der Waals surface area contributed by atoms with Crippen molar-refractivity contribution < 1.29 is 0 Å². The molecule has 1 unspecified atom stereocenters. The molecule has 0 aliphatic heterocycles. The van der Waals surface area contributed by atoms with Crippen molar-refractivity contribution in [1.82, 2.24) is 0 Å². The molecule has 0 heterocycles. The van der Waals surface area contributed by atoms with Gasteiger partial charge in [-0.25, -0.2) is 0 Å². The molecule has 0 amide bonds. The minimum atomic E-state index is 0.0698. The molecule has 0 N–H and O–H groups in total. The minimum Gasteiger partial charge on any atom is -0.279 e. The van der Waals surface area contributed by atoms with Crippen molar-refractivity contribution in [2.45, 2.75) is 65.3 Å². The van der Waals surface area contributed by atoms with Gasteiger partial charge in [0, 0.05) is 5.41 Å². The lowest BCUT2D eigenvalue weighted by Gasteiger charge is -2.44. The quantitative estimate of drug-likeness (QED) is 0.562. The summed E-state index contributed by atoms with van der Waals surface area (Å²) in [4.78, 5) is 9.98. The standard InChI is InChI=1S/C24H30N2/c1-16(25-21-15-11-10-14-20(21)23(3,4)5)17(2)26-22-18-12-8-9-13-19(18)24(22,6)7/h8-15,22H,1-7H3. The van der Waals surface area contributed by atoms with Crippen molar-refractivity contribution in [1.29, 1.82) is 0 Å². The Morgan fingerprint density at radius 2 is 1.50 bits per heavy atom. The number of aliphatic imine (C=N–C) groups is 2. The second-order valence-corrected chi connectivity index (χ2v) is 8.89. The topological polar surface area (TPSA) is 24.7 Å². The fourth-order valence-electron chi connectivity index (χ4n) is 3.77. The molecular formula is C24H30N2. The van der Waals surface area contributed by atoms with Gasteiger partial charge in [0.15, 0.2) is 0 Å². The summed E-state index contributed by atoms with van der Waals surface area (Å²) in [5.41, 5.74) is 7.22. The summed E-state index contributed by atoms with van der Waals surface area (Å²) >= 11 is 0. The highest BCUT2D eigenvalue weighted by molar-refractivity contribution is 6.41. The van der Waals surface area contributed by atoms with Gasteiger partial charge in [0.25, 0.3) is 0 Å². The van der Waals surface area contributed by atoms with Crippen LogP contribution in [0.25, 0.3) is 0 Å². The molecule has 2 nitrogen and oxygen atoms in total. The first-order chi connectivity index (χ1) is 12.1. The second kappa shape index (κ2) is 6.50. The third-order valence-electron chi connectivity index (χ3n) is 5.48. The van der Waals surface area contributed by atoms with Crippen molar-refractivity contribution in [3.8, 4) is 0 Å². The smallest absolute Gasteiger partial charge is 0.0847 e. The van der Waals surface area contributed by atoms with Crippen LogP contribution in [-0.2, 0) is 10.8 Å². The molecule has 0 aromatic heterocycles. The van der Waals surface area contributed by atoms with Crippen LogP contribution in [0.4, 0.5) is 5.69 Å². The van der Waals surface area contributed by atoms with Crippen LogP contribution >= 0.6 is 0 Å². The van der Waals surface area contributed by atoms with E-state index < -0.39 is 0 Å². The summed E-state index contributed by atoms with van der Waals surface area (Å²) < 4.78 is 0. The van der Waals surface area contributed by atoms with Crippen LogP contribution in [0.1, 0.15) is 71.2 Å². The molecule has 2 aromatic carbocycles. The van der Waals surface area contributed by atoms with Gasteiger partial charge >= 0.3 is 0 Å². The molecule has 0 fully saturated rings. The first-order valence-corrected chi connectivity index (χ1v) is 9.41. The van der Waals surface area contributed by atoms with Crippen LogP contribution in [-0.4, -0.2) is 11.4 Å². The van der Waals surface area contributed by atoms with Gasteiger partial charge < -0.3 is 0 Å². The average Bonchev–Trinajstić information content (AvgIpc) is 2.59. The summed E-state index contributed by atoms with van der Waals surface area (Å²) in [6.07, 6.45) is 0. The molecule has 1 aliphatic rings. The second-order valence-electron chi connectivity index (χ2n) is 8.89. The predicted octanol–water partition coefficient (Wildman–Crippen LogP) is 6.57. The zero-order valence-electron chi connectivity index (χ0n) is 17.1. The van der Waals surface area contributed by atoms with E-state index in [-0.39, 0.29) is 16.9 Å². The van der Waals surface area contributed by atoms with Gasteiger partial charge in [0.05, 0.1) is 23.2 Å². The number of hydrogen-bond acceptors (Lipinski definition) is 2. The lowest BCUT2D eigenvalue weighted by molar-refractivity contribution is 0.358. The molecule has 2 aromatic rings. The molecule has 26 heavy (non-hydrogen) atoms. The monoisotopic (exact) mass is 346 g/mol. The molecule has 0 saturated heterocycles. The molecular weight excluding hydrogens is 316 g/mol. The summed E-state index contributed by atoms with van der Waals surface area (Å²) in [5.74, 6) is 0. The van der Waals surface area contributed by atoms with Crippen LogP contribution in [0.5, 0.6) is 0 Å². The fourth-order valence-corrected chi connectivity index (χ4v) is 3.77. The van der Waals surface area contributed by atoms with Crippen LogP contribution in [0.2, 0.25) is 0 Å². The Bertz CT molecular complexity index is 879. The summed E-state index contributed by atoms with van der Waals surface area (Å²) in [6, 6.07) is 17.3. The Labute approximate surface area is 158 Å². The predicted molar refractivity (Wildman–Crippen MR) is 113 cm³/mol. The lowest BCUT2D eigenvalue weighted by Crippen LogP contribution is -2.38. The molecule has 136 valence electrons. The number of nitrogens with zero attached hydrogens (tertiary/aromatic N) is 2. The van der Waals surface area contributed by atoms with E-state index >= 15 is 0 Å². The summed E-state index contributed by atoms with van der Waals surface area (Å²) in [6.45, 7) is 15.4. The van der Waals surface area contributed by atoms with E-state index in [1.165, 1.54) is 16.7 Å². The molecule has 2 heteroatoms.